The van der Waals surface area contributed by atoms with Gasteiger partial charge in [0.25, 0.3) is 0 Å². The van der Waals surface area contributed by atoms with Crippen molar-refractivity contribution >= 4 is 22.7 Å². The standard InChI is InChI=1S/C25H27FN6/c1-15(2)32-16(3)28-25-20(26)11-19(12-22(25)32)17-7-9-27-24(13-17)30-23-6-5-18-14-31(4)10-8-21(18)29-23/h5-7,9,11-13,15H,8,10,14H2,1-4H3,(H,27,29,30). The van der Waals surface area contributed by atoms with Crippen molar-refractivity contribution in [3.05, 3.63) is 65.5 Å². The average Bonchev–Trinajstić information content (AvgIpc) is 3.11. The number of hydrogen-bond acceptors (Lipinski definition) is 5. The maximum Gasteiger partial charge on any atom is 0.151 e. The van der Waals surface area contributed by atoms with Gasteiger partial charge in [0, 0.05) is 37.4 Å². The van der Waals surface area contributed by atoms with Crippen LogP contribution in [0, 0.1) is 12.7 Å². The van der Waals surface area contributed by atoms with Gasteiger partial charge in [-0.1, -0.05) is 6.07 Å². The summed E-state index contributed by atoms with van der Waals surface area (Å²) in [6.07, 6.45) is 2.68. The first-order valence-electron chi connectivity index (χ1n) is 11.0. The molecule has 0 amide bonds. The smallest absolute Gasteiger partial charge is 0.151 e. The highest BCUT2D eigenvalue weighted by molar-refractivity contribution is 5.84. The third-order valence-corrected chi connectivity index (χ3v) is 6.03. The normalized spacial score (nSPS) is 14.2. The van der Waals surface area contributed by atoms with E-state index in [0.717, 1.165) is 53.5 Å². The van der Waals surface area contributed by atoms with Gasteiger partial charge in [-0.3, -0.25) is 0 Å². The second-order valence-corrected chi connectivity index (χ2v) is 8.79. The van der Waals surface area contributed by atoms with Gasteiger partial charge in [-0.05, 0) is 74.8 Å². The summed E-state index contributed by atoms with van der Waals surface area (Å²) in [6, 6.07) is 11.7. The highest BCUT2D eigenvalue weighted by atomic mass is 19.1. The molecule has 164 valence electrons. The van der Waals surface area contributed by atoms with Gasteiger partial charge < -0.3 is 14.8 Å². The SMILES string of the molecule is Cc1nc2c(F)cc(-c3ccnc(Nc4ccc5c(n4)CCN(C)C5)c3)cc2n1C(C)C. The number of likely N-dealkylation sites (N-methyl/N-ethyl adjacent to an activating group) is 1. The Hall–Kier alpha value is -3.32. The Labute approximate surface area is 187 Å². The number of anilines is 2. The largest absolute Gasteiger partial charge is 0.326 e. The molecule has 4 aromatic rings. The van der Waals surface area contributed by atoms with E-state index in [0.29, 0.717) is 11.3 Å². The van der Waals surface area contributed by atoms with Gasteiger partial charge in [-0.25, -0.2) is 19.3 Å². The van der Waals surface area contributed by atoms with Crippen LogP contribution >= 0.6 is 0 Å². The fourth-order valence-electron chi connectivity index (χ4n) is 4.52. The van der Waals surface area contributed by atoms with Crippen LogP contribution in [-0.2, 0) is 13.0 Å². The molecule has 1 aliphatic rings. The Kier molecular flexibility index (Phi) is 5.13. The molecule has 6 nitrogen and oxygen atoms in total. The summed E-state index contributed by atoms with van der Waals surface area (Å²) in [5.41, 5.74) is 5.30. The number of pyridine rings is 2. The summed E-state index contributed by atoms with van der Waals surface area (Å²) < 4.78 is 17.0. The lowest BCUT2D eigenvalue weighted by Crippen LogP contribution is -2.27. The third-order valence-electron chi connectivity index (χ3n) is 6.03. The second kappa shape index (κ2) is 7.98. The zero-order valence-corrected chi connectivity index (χ0v) is 18.9. The monoisotopic (exact) mass is 430 g/mol. The number of hydrogen-bond donors (Lipinski definition) is 1. The van der Waals surface area contributed by atoms with E-state index in [-0.39, 0.29) is 11.9 Å². The zero-order chi connectivity index (χ0) is 22.4. The lowest BCUT2D eigenvalue weighted by atomic mass is 10.1. The Bertz CT molecular complexity index is 1310. The molecule has 1 aliphatic heterocycles. The van der Waals surface area contributed by atoms with Crippen molar-refractivity contribution in [2.45, 2.75) is 39.8 Å². The molecule has 3 aromatic heterocycles. The summed E-state index contributed by atoms with van der Waals surface area (Å²) in [7, 11) is 2.13. The number of nitrogens with zero attached hydrogens (tertiary/aromatic N) is 5. The fraction of sp³-hybridized carbons (Fsp3) is 0.320. The molecular formula is C25H27FN6. The van der Waals surface area contributed by atoms with E-state index in [1.54, 1.807) is 12.3 Å². The Morgan fingerprint density at radius 2 is 1.88 bits per heavy atom. The van der Waals surface area contributed by atoms with Crippen LogP contribution in [-0.4, -0.2) is 38.0 Å². The van der Waals surface area contributed by atoms with Gasteiger partial charge in [-0.2, -0.15) is 0 Å². The van der Waals surface area contributed by atoms with E-state index in [9.17, 15) is 4.39 Å². The van der Waals surface area contributed by atoms with E-state index >= 15 is 0 Å². The first-order chi connectivity index (χ1) is 15.4. The fourth-order valence-corrected chi connectivity index (χ4v) is 4.52. The van der Waals surface area contributed by atoms with Crippen molar-refractivity contribution in [3.63, 3.8) is 0 Å². The van der Waals surface area contributed by atoms with Crippen LogP contribution in [0.2, 0.25) is 0 Å². The molecule has 0 spiro atoms. The molecule has 0 unspecified atom stereocenters. The van der Waals surface area contributed by atoms with Gasteiger partial charge >= 0.3 is 0 Å². The van der Waals surface area contributed by atoms with Gasteiger partial charge in [0.2, 0.25) is 0 Å². The Morgan fingerprint density at radius 3 is 2.69 bits per heavy atom. The van der Waals surface area contributed by atoms with Crippen LogP contribution in [0.1, 0.15) is 37.0 Å². The minimum absolute atomic E-state index is 0.194. The summed E-state index contributed by atoms with van der Waals surface area (Å²) in [6.45, 7) is 8.01. The first-order valence-corrected chi connectivity index (χ1v) is 11.0. The van der Waals surface area contributed by atoms with Gasteiger partial charge in [-0.15, -0.1) is 0 Å². The van der Waals surface area contributed by atoms with Gasteiger partial charge in [0.05, 0.1) is 5.52 Å². The van der Waals surface area contributed by atoms with Crippen LogP contribution in [0.3, 0.4) is 0 Å². The number of rotatable bonds is 4. The first kappa shape index (κ1) is 20.6. The van der Waals surface area contributed by atoms with Crippen LogP contribution in [0.4, 0.5) is 16.0 Å². The van der Waals surface area contributed by atoms with Gasteiger partial charge in [0.15, 0.2) is 5.82 Å². The number of aryl methyl sites for hydroxylation is 1. The molecule has 0 saturated heterocycles. The quantitative estimate of drug-likeness (QED) is 0.479. The predicted molar refractivity (Wildman–Crippen MR) is 126 cm³/mol. The van der Waals surface area contributed by atoms with Crippen LogP contribution in [0.25, 0.3) is 22.2 Å². The summed E-state index contributed by atoms with van der Waals surface area (Å²) in [4.78, 5) is 16.0. The van der Waals surface area contributed by atoms with E-state index < -0.39 is 0 Å². The van der Waals surface area contributed by atoms with E-state index in [4.69, 9.17) is 4.98 Å². The Balaban J connectivity index is 1.48. The minimum Gasteiger partial charge on any atom is -0.326 e. The highest BCUT2D eigenvalue weighted by Gasteiger charge is 2.17. The number of imidazole rings is 1. The van der Waals surface area contributed by atoms with Crippen molar-refractivity contribution in [1.29, 1.82) is 0 Å². The highest BCUT2D eigenvalue weighted by Crippen LogP contribution is 2.30. The van der Waals surface area contributed by atoms with Crippen molar-refractivity contribution in [2.24, 2.45) is 0 Å². The Morgan fingerprint density at radius 1 is 1.03 bits per heavy atom. The number of benzene rings is 1. The van der Waals surface area contributed by atoms with Crippen molar-refractivity contribution in [2.75, 3.05) is 18.9 Å². The molecule has 0 radical (unpaired) electrons. The molecule has 1 aromatic carbocycles. The number of fused-ring (bicyclic) bond motifs is 2. The lowest BCUT2D eigenvalue weighted by molar-refractivity contribution is 0.310. The van der Waals surface area contributed by atoms with E-state index in [2.05, 4.69) is 51.7 Å². The molecule has 0 atom stereocenters. The van der Waals surface area contributed by atoms with Crippen LogP contribution in [0.5, 0.6) is 0 Å². The predicted octanol–water partition coefficient (Wildman–Crippen LogP) is 5.25. The molecule has 0 bridgehead atoms. The summed E-state index contributed by atoms with van der Waals surface area (Å²) >= 11 is 0. The molecule has 0 aliphatic carbocycles. The minimum atomic E-state index is -0.312. The summed E-state index contributed by atoms with van der Waals surface area (Å²) in [5.74, 6) is 1.95. The van der Waals surface area contributed by atoms with Crippen molar-refractivity contribution in [1.82, 2.24) is 24.4 Å². The number of halogens is 1. The van der Waals surface area contributed by atoms with Crippen LogP contribution in [0.15, 0.2) is 42.6 Å². The molecule has 4 heterocycles. The number of aromatic nitrogens is 4. The molecular weight excluding hydrogens is 403 g/mol. The zero-order valence-electron chi connectivity index (χ0n) is 18.9. The topological polar surface area (TPSA) is 58.9 Å². The third kappa shape index (κ3) is 3.73. The van der Waals surface area contributed by atoms with Gasteiger partial charge in [0.1, 0.15) is 23.0 Å². The average molecular weight is 431 g/mol. The van der Waals surface area contributed by atoms with Crippen molar-refractivity contribution in [3.8, 4) is 11.1 Å². The molecule has 7 heteroatoms. The maximum absolute atomic E-state index is 14.9. The molecule has 0 fully saturated rings. The van der Waals surface area contributed by atoms with Crippen molar-refractivity contribution < 1.29 is 4.39 Å². The molecule has 32 heavy (non-hydrogen) atoms. The second-order valence-electron chi connectivity index (χ2n) is 8.79. The van der Waals surface area contributed by atoms with Crippen LogP contribution < -0.4 is 5.32 Å². The lowest BCUT2D eigenvalue weighted by Gasteiger charge is -2.24. The summed E-state index contributed by atoms with van der Waals surface area (Å²) in [5, 5.41) is 3.31. The number of nitrogens with one attached hydrogen (secondary N) is 1. The molecule has 1 N–H and O–H groups in total. The molecule has 5 rings (SSSR count). The molecule has 0 saturated carbocycles. The van der Waals surface area contributed by atoms with E-state index in [1.165, 1.54) is 5.56 Å². The maximum atomic E-state index is 14.9. The van der Waals surface area contributed by atoms with E-state index in [1.807, 2.05) is 31.2 Å².